The molecule has 0 saturated carbocycles. The lowest BCUT2D eigenvalue weighted by molar-refractivity contribution is 0.0935. The predicted molar refractivity (Wildman–Crippen MR) is 92.0 cm³/mol. The van der Waals surface area contributed by atoms with E-state index in [1.54, 1.807) is 6.26 Å². The fraction of sp³-hybridized carbons (Fsp3) is 0.211. The Labute approximate surface area is 140 Å². The number of aromatic nitrogens is 1. The average molecular weight is 321 g/mol. The number of amides is 1. The van der Waals surface area contributed by atoms with Crippen LogP contribution in [-0.2, 0) is 6.54 Å². The summed E-state index contributed by atoms with van der Waals surface area (Å²) >= 11 is 0. The molecule has 0 radical (unpaired) electrons. The van der Waals surface area contributed by atoms with E-state index in [0.29, 0.717) is 12.1 Å². The highest BCUT2D eigenvalue weighted by molar-refractivity contribution is 6.01. The number of rotatable bonds is 3. The highest BCUT2D eigenvalue weighted by atomic mass is 16.3. The maximum atomic E-state index is 12.4. The first-order valence-electron chi connectivity index (χ1n) is 7.99. The van der Waals surface area contributed by atoms with Crippen molar-refractivity contribution in [3.8, 4) is 0 Å². The second-order valence-electron chi connectivity index (χ2n) is 6.09. The van der Waals surface area contributed by atoms with Gasteiger partial charge < -0.3 is 19.6 Å². The monoisotopic (exact) mass is 321 g/mol. The Morgan fingerprint density at radius 1 is 1.12 bits per heavy atom. The largest absolute Gasteiger partial charge is 0.467 e. The van der Waals surface area contributed by atoms with Gasteiger partial charge in [-0.3, -0.25) is 4.79 Å². The number of furan rings is 1. The lowest BCUT2D eigenvalue weighted by atomic mass is 10.1. The fourth-order valence-corrected chi connectivity index (χ4v) is 3.28. The molecule has 0 aliphatic carbocycles. The molecule has 1 aliphatic rings. The van der Waals surface area contributed by atoms with Crippen molar-refractivity contribution in [3.05, 3.63) is 77.0 Å². The van der Waals surface area contributed by atoms with E-state index < -0.39 is 0 Å². The molecule has 5 heteroatoms. The Balaban J connectivity index is 1.67. The zero-order valence-electron chi connectivity index (χ0n) is 13.7. The molecule has 3 aromatic rings. The van der Waals surface area contributed by atoms with E-state index in [9.17, 15) is 4.79 Å². The van der Waals surface area contributed by atoms with Gasteiger partial charge >= 0.3 is 0 Å². The summed E-state index contributed by atoms with van der Waals surface area (Å²) in [5.74, 6) is 0.861. The quantitative estimate of drug-likeness (QED) is 0.775. The molecule has 0 spiro atoms. The van der Waals surface area contributed by atoms with Gasteiger partial charge in [0.1, 0.15) is 11.9 Å². The first-order valence-corrected chi connectivity index (χ1v) is 7.99. The standard InChI is InChI=1S/C19H19N3O2/c1-12-10-16(13(2)22(12)11-14-6-5-9-24-14)18-20-17-8-4-3-7-15(17)19(23)21-18/h3-10,18,20H,11H2,1-2H3,(H,21,23). The third-order valence-electron chi connectivity index (χ3n) is 4.56. The van der Waals surface area contributed by atoms with Crippen molar-refractivity contribution in [1.82, 2.24) is 9.88 Å². The summed E-state index contributed by atoms with van der Waals surface area (Å²) in [6.45, 7) is 4.82. The first-order chi connectivity index (χ1) is 11.6. The second kappa shape index (κ2) is 5.60. The van der Waals surface area contributed by atoms with Crippen LogP contribution in [0, 0.1) is 13.8 Å². The van der Waals surface area contributed by atoms with Crippen molar-refractivity contribution >= 4 is 11.6 Å². The van der Waals surface area contributed by atoms with Crippen LogP contribution < -0.4 is 10.6 Å². The lowest BCUT2D eigenvalue weighted by Gasteiger charge is -2.28. The Morgan fingerprint density at radius 2 is 1.96 bits per heavy atom. The Hall–Kier alpha value is -2.95. The molecule has 0 bridgehead atoms. The van der Waals surface area contributed by atoms with Gasteiger partial charge in [-0.2, -0.15) is 0 Å². The van der Waals surface area contributed by atoms with Crippen LogP contribution in [0.15, 0.2) is 53.1 Å². The molecule has 2 aromatic heterocycles. The molecule has 1 aromatic carbocycles. The van der Waals surface area contributed by atoms with Crippen molar-refractivity contribution in [1.29, 1.82) is 0 Å². The molecule has 1 amide bonds. The summed E-state index contributed by atoms with van der Waals surface area (Å²) < 4.78 is 7.66. The van der Waals surface area contributed by atoms with Crippen molar-refractivity contribution in [3.63, 3.8) is 0 Å². The number of carbonyl (C=O) groups excluding carboxylic acids is 1. The average Bonchev–Trinajstić information content (AvgIpc) is 3.18. The van der Waals surface area contributed by atoms with Gasteiger partial charge in [-0.1, -0.05) is 12.1 Å². The van der Waals surface area contributed by atoms with Crippen LogP contribution in [0.3, 0.4) is 0 Å². The second-order valence-corrected chi connectivity index (χ2v) is 6.09. The van der Waals surface area contributed by atoms with E-state index in [1.807, 2.05) is 36.4 Å². The van der Waals surface area contributed by atoms with Gasteiger partial charge in [-0.25, -0.2) is 0 Å². The molecule has 1 aliphatic heterocycles. The smallest absolute Gasteiger partial charge is 0.255 e. The van der Waals surface area contributed by atoms with Gasteiger partial charge in [0.15, 0.2) is 0 Å². The molecule has 1 unspecified atom stereocenters. The van der Waals surface area contributed by atoms with Crippen molar-refractivity contribution in [2.75, 3.05) is 5.32 Å². The zero-order valence-corrected chi connectivity index (χ0v) is 13.7. The van der Waals surface area contributed by atoms with E-state index in [2.05, 4.69) is 35.1 Å². The fourth-order valence-electron chi connectivity index (χ4n) is 3.28. The van der Waals surface area contributed by atoms with Gasteiger partial charge in [0.25, 0.3) is 5.91 Å². The molecule has 0 saturated heterocycles. The number of carbonyl (C=O) groups is 1. The van der Waals surface area contributed by atoms with Crippen molar-refractivity contribution < 1.29 is 9.21 Å². The highest BCUT2D eigenvalue weighted by Gasteiger charge is 2.27. The van der Waals surface area contributed by atoms with Crippen LogP contribution in [0.4, 0.5) is 5.69 Å². The number of nitrogens with one attached hydrogen (secondary N) is 2. The minimum atomic E-state index is -0.232. The zero-order chi connectivity index (χ0) is 16.7. The maximum Gasteiger partial charge on any atom is 0.255 e. The predicted octanol–water partition coefficient (Wildman–Crippen LogP) is 3.60. The number of nitrogens with zero attached hydrogens (tertiary/aromatic N) is 1. The number of hydrogen-bond donors (Lipinski definition) is 2. The van der Waals surface area contributed by atoms with Crippen LogP contribution in [0.1, 0.15) is 39.2 Å². The Bertz CT molecular complexity index is 893. The van der Waals surface area contributed by atoms with E-state index in [0.717, 1.165) is 28.4 Å². The minimum Gasteiger partial charge on any atom is -0.467 e. The molecule has 24 heavy (non-hydrogen) atoms. The van der Waals surface area contributed by atoms with Crippen molar-refractivity contribution in [2.24, 2.45) is 0 Å². The third-order valence-corrected chi connectivity index (χ3v) is 4.56. The number of benzene rings is 1. The van der Waals surface area contributed by atoms with E-state index in [1.165, 1.54) is 0 Å². The van der Waals surface area contributed by atoms with Crippen molar-refractivity contribution in [2.45, 2.75) is 26.6 Å². The van der Waals surface area contributed by atoms with Gasteiger partial charge in [-0.15, -0.1) is 0 Å². The van der Waals surface area contributed by atoms with Crippen LogP contribution >= 0.6 is 0 Å². The molecular formula is C19H19N3O2. The van der Waals surface area contributed by atoms with Gasteiger partial charge in [-0.05, 0) is 44.2 Å². The van der Waals surface area contributed by atoms with Crippen LogP contribution in [0.5, 0.6) is 0 Å². The molecule has 3 heterocycles. The molecule has 1 atom stereocenters. The van der Waals surface area contributed by atoms with E-state index in [-0.39, 0.29) is 12.1 Å². The molecule has 2 N–H and O–H groups in total. The number of para-hydroxylation sites is 1. The van der Waals surface area contributed by atoms with Crippen LogP contribution in [0.2, 0.25) is 0 Å². The summed E-state index contributed by atoms with van der Waals surface area (Å²) in [5.41, 5.74) is 4.86. The van der Waals surface area contributed by atoms with Gasteiger partial charge in [0, 0.05) is 22.6 Å². The molecular weight excluding hydrogens is 302 g/mol. The molecule has 0 fully saturated rings. The topological polar surface area (TPSA) is 59.2 Å². The Kier molecular flexibility index (Phi) is 3.41. The van der Waals surface area contributed by atoms with Gasteiger partial charge in [0.05, 0.1) is 18.4 Å². The van der Waals surface area contributed by atoms with Crippen LogP contribution in [0.25, 0.3) is 0 Å². The maximum absolute atomic E-state index is 12.4. The number of fused-ring (bicyclic) bond motifs is 1. The summed E-state index contributed by atoms with van der Waals surface area (Å²) in [5, 5.41) is 6.46. The molecule has 5 nitrogen and oxygen atoms in total. The van der Waals surface area contributed by atoms with E-state index in [4.69, 9.17) is 4.42 Å². The summed E-state index contributed by atoms with van der Waals surface area (Å²) in [7, 11) is 0. The number of aryl methyl sites for hydroxylation is 1. The number of anilines is 1. The molecule has 122 valence electrons. The lowest BCUT2D eigenvalue weighted by Crippen LogP contribution is -2.38. The molecule has 4 rings (SSSR count). The van der Waals surface area contributed by atoms with E-state index >= 15 is 0 Å². The van der Waals surface area contributed by atoms with Gasteiger partial charge in [0.2, 0.25) is 0 Å². The summed E-state index contributed by atoms with van der Waals surface area (Å²) in [4.78, 5) is 12.4. The summed E-state index contributed by atoms with van der Waals surface area (Å²) in [6, 6.07) is 13.5. The number of hydrogen-bond acceptors (Lipinski definition) is 3. The Morgan fingerprint density at radius 3 is 2.75 bits per heavy atom. The minimum absolute atomic E-state index is 0.0508. The summed E-state index contributed by atoms with van der Waals surface area (Å²) in [6.07, 6.45) is 1.45. The normalized spacial score (nSPS) is 16.4. The van der Waals surface area contributed by atoms with Crippen LogP contribution in [-0.4, -0.2) is 10.5 Å². The SMILES string of the molecule is Cc1cc(C2NC(=O)c3ccccc3N2)c(C)n1Cc1ccco1. The third kappa shape index (κ3) is 2.38. The first kappa shape index (κ1) is 14.6. The highest BCUT2D eigenvalue weighted by Crippen LogP contribution is 2.29.